The Morgan fingerprint density at radius 3 is 2.50 bits per heavy atom. The largest absolute Gasteiger partial charge is 0.492 e. The molecule has 24 heavy (non-hydrogen) atoms. The van der Waals surface area contributed by atoms with Crippen LogP contribution in [0.2, 0.25) is 5.02 Å². The fourth-order valence-corrected chi connectivity index (χ4v) is 3.50. The number of rotatable bonds is 7. The SMILES string of the molecule is CCOc1ccccc1NC(=O)C(C)SC(C)c1ccc(Cl)cc1. The first kappa shape index (κ1) is 18.7. The van der Waals surface area contributed by atoms with E-state index >= 15 is 0 Å². The molecule has 1 N–H and O–H groups in total. The lowest BCUT2D eigenvalue weighted by atomic mass is 10.2. The van der Waals surface area contributed by atoms with Crippen LogP contribution in [0.5, 0.6) is 5.75 Å². The summed E-state index contributed by atoms with van der Waals surface area (Å²) in [5.74, 6) is 0.657. The minimum absolute atomic E-state index is 0.0343. The topological polar surface area (TPSA) is 38.3 Å². The van der Waals surface area contributed by atoms with Gasteiger partial charge < -0.3 is 10.1 Å². The number of halogens is 1. The summed E-state index contributed by atoms with van der Waals surface area (Å²) in [7, 11) is 0. The summed E-state index contributed by atoms with van der Waals surface area (Å²) in [6.07, 6.45) is 0. The summed E-state index contributed by atoms with van der Waals surface area (Å²) in [6, 6.07) is 15.2. The molecule has 0 spiro atoms. The summed E-state index contributed by atoms with van der Waals surface area (Å²) in [5.41, 5.74) is 1.86. The second-order valence-electron chi connectivity index (χ2n) is 5.39. The van der Waals surface area contributed by atoms with Crippen molar-refractivity contribution in [2.75, 3.05) is 11.9 Å². The Balaban J connectivity index is 1.98. The normalized spacial score (nSPS) is 13.2. The molecule has 0 fully saturated rings. The van der Waals surface area contributed by atoms with Gasteiger partial charge in [0.05, 0.1) is 17.5 Å². The average Bonchev–Trinajstić information content (AvgIpc) is 2.57. The van der Waals surface area contributed by atoms with E-state index in [0.717, 1.165) is 5.56 Å². The van der Waals surface area contributed by atoms with Crippen molar-refractivity contribution in [2.45, 2.75) is 31.3 Å². The second kappa shape index (κ2) is 9.00. The van der Waals surface area contributed by atoms with Crippen molar-refractivity contribution in [1.29, 1.82) is 0 Å². The molecule has 0 heterocycles. The maximum absolute atomic E-state index is 12.5. The number of ether oxygens (including phenoxy) is 1. The fourth-order valence-electron chi connectivity index (χ4n) is 2.27. The maximum Gasteiger partial charge on any atom is 0.237 e. The van der Waals surface area contributed by atoms with Gasteiger partial charge in [-0.1, -0.05) is 35.9 Å². The first-order valence-electron chi connectivity index (χ1n) is 7.95. The van der Waals surface area contributed by atoms with Gasteiger partial charge in [0.25, 0.3) is 0 Å². The van der Waals surface area contributed by atoms with Crippen LogP contribution in [0.15, 0.2) is 48.5 Å². The quantitative estimate of drug-likeness (QED) is 0.699. The molecule has 0 aliphatic carbocycles. The van der Waals surface area contributed by atoms with Gasteiger partial charge in [-0.05, 0) is 50.6 Å². The van der Waals surface area contributed by atoms with E-state index < -0.39 is 0 Å². The molecule has 2 atom stereocenters. The lowest BCUT2D eigenvalue weighted by Crippen LogP contribution is -2.23. The first-order chi connectivity index (χ1) is 11.5. The minimum atomic E-state index is -0.189. The molecule has 0 saturated carbocycles. The zero-order valence-electron chi connectivity index (χ0n) is 14.1. The highest BCUT2D eigenvalue weighted by Gasteiger charge is 2.19. The monoisotopic (exact) mass is 363 g/mol. The Morgan fingerprint density at radius 2 is 1.83 bits per heavy atom. The van der Waals surface area contributed by atoms with Crippen LogP contribution in [0.25, 0.3) is 0 Å². The number of carbonyl (C=O) groups excluding carboxylic acids is 1. The van der Waals surface area contributed by atoms with Gasteiger partial charge in [0, 0.05) is 10.3 Å². The number of carbonyl (C=O) groups is 1. The number of amides is 1. The van der Waals surface area contributed by atoms with Crippen LogP contribution in [-0.4, -0.2) is 17.8 Å². The smallest absolute Gasteiger partial charge is 0.237 e. The molecule has 0 aliphatic rings. The van der Waals surface area contributed by atoms with Gasteiger partial charge in [-0.15, -0.1) is 11.8 Å². The number of nitrogens with one attached hydrogen (secondary N) is 1. The lowest BCUT2D eigenvalue weighted by molar-refractivity contribution is -0.115. The van der Waals surface area contributed by atoms with Crippen LogP contribution in [0, 0.1) is 0 Å². The Kier molecular flexibility index (Phi) is 7.00. The lowest BCUT2D eigenvalue weighted by Gasteiger charge is -2.18. The second-order valence-corrected chi connectivity index (χ2v) is 7.51. The highest BCUT2D eigenvalue weighted by Crippen LogP contribution is 2.33. The molecule has 0 bridgehead atoms. The predicted octanol–water partition coefficient (Wildman–Crippen LogP) is 5.56. The van der Waals surface area contributed by atoms with Crippen LogP contribution in [0.3, 0.4) is 0 Å². The van der Waals surface area contributed by atoms with E-state index in [0.29, 0.717) is 23.1 Å². The predicted molar refractivity (Wildman–Crippen MR) is 103 cm³/mol. The molecule has 128 valence electrons. The molecule has 0 radical (unpaired) electrons. The molecule has 5 heteroatoms. The maximum atomic E-state index is 12.5. The van der Waals surface area contributed by atoms with E-state index in [-0.39, 0.29) is 16.4 Å². The van der Waals surface area contributed by atoms with Gasteiger partial charge in [0.1, 0.15) is 5.75 Å². The number of thioether (sulfide) groups is 1. The Morgan fingerprint density at radius 1 is 1.17 bits per heavy atom. The molecule has 2 aromatic rings. The summed E-state index contributed by atoms with van der Waals surface area (Å²) in [5, 5.41) is 3.68. The fraction of sp³-hybridized carbons (Fsp3) is 0.316. The van der Waals surface area contributed by atoms with Crippen LogP contribution in [0.1, 0.15) is 31.6 Å². The highest BCUT2D eigenvalue weighted by molar-refractivity contribution is 8.00. The van der Waals surface area contributed by atoms with Gasteiger partial charge in [0.15, 0.2) is 0 Å². The highest BCUT2D eigenvalue weighted by atomic mass is 35.5. The molecule has 2 unspecified atom stereocenters. The van der Waals surface area contributed by atoms with Crippen molar-refractivity contribution in [3.63, 3.8) is 0 Å². The van der Waals surface area contributed by atoms with Crippen LogP contribution < -0.4 is 10.1 Å². The van der Waals surface area contributed by atoms with E-state index in [4.69, 9.17) is 16.3 Å². The standard InChI is InChI=1S/C19H22ClNO2S/c1-4-23-18-8-6-5-7-17(18)21-19(22)14(3)24-13(2)15-9-11-16(20)12-10-15/h5-14H,4H2,1-3H3,(H,21,22). The third kappa shape index (κ3) is 5.18. The van der Waals surface area contributed by atoms with Crippen molar-refractivity contribution in [1.82, 2.24) is 0 Å². The third-order valence-corrected chi connectivity index (χ3v) is 5.12. The van der Waals surface area contributed by atoms with E-state index in [1.165, 1.54) is 0 Å². The van der Waals surface area contributed by atoms with E-state index in [1.807, 2.05) is 62.4 Å². The zero-order chi connectivity index (χ0) is 17.5. The Bertz CT molecular complexity index is 675. The first-order valence-corrected chi connectivity index (χ1v) is 9.27. The van der Waals surface area contributed by atoms with E-state index in [9.17, 15) is 4.79 Å². The van der Waals surface area contributed by atoms with Crippen molar-refractivity contribution in [3.8, 4) is 5.75 Å². The van der Waals surface area contributed by atoms with Crippen molar-refractivity contribution in [3.05, 3.63) is 59.1 Å². The Labute approximate surface area is 152 Å². The van der Waals surface area contributed by atoms with Crippen molar-refractivity contribution in [2.24, 2.45) is 0 Å². The summed E-state index contributed by atoms with van der Waals surface area (Å²) in [6.45, 7) is 6.48. The van der Waals surface area contributed by atoms with Gasteiger partial charge in [-0.25, -0.2) is 0 Å². The molecule has 3 nitrogen and oxygen atoms in total. The van der Waals surface area contributed by atoms with Crippen molar-refractivity contribution < 1.29 is 9.53 Å². The number of anilines is 1. The van der Waals surface area contributed by atoms with Crippen molar-refractivity contribution >= 4 is 35.0 Å². The summed E-state index contributed by atoms with van der Waals surface area (Å²) >= 11 is 7.53. The van der Waals surface area contributed by atoms with E-state index in [1.54, 1.807) is 11.8 Å². The average molecular weight is 364 g/mol. The van der Waals surface area contributed by atoms with Crippen LogP contribution >= 0.6 is 23.4 Å². The molecular formula is C19H22ClNO2S. The zero-order valence-corrected chi connectivity index (χ0v) is 15.7. The molecule has 2 aromatic carbocycles. The van der Waals surface area contributed by atoms with Gasteiger partial charge >= 0.3 is 0 Å². The molecular weight excluding hydrogens is 342 g/mol. The number of benzene rings is 2. The van der Waals surface area contributed by atoms with E-state index in [2.05, 4.69) is 12.2 Å². The van der Waals surface area contributed by atoms with Crippen LogP contribution in [-0.2, 0) is 4.79 Å². The van der Waals surface area contributed by atoms with Crippen LogP contribution in [0.4, 0.5) is 5.69 Å². The number of hydrogen-bond acceptors (Lipinski definition) is 3. The summed E-state index contributed by atoms with van der Waals surface area (Å²) < 4.78 is 5.55. The Hall–Kier alpha value is -1.65. The third-order valence-electron chi connectivity index (χ3n) is 3.56. The molecule has 2 rings (SSSR count). The number of para-hydroxylation sites is 2. The molecule has 0 aromatic heterocycles. The van der Waals surface area contributed by atoms with Gasteiger partial charge in [-0.3, -0.25) is 4.79 Å². The molecule has 0 aliphatic heterocycles. The molecule has 1 amide bonds. The summed E-state index contributed by atoms with van der Waals surface area (Å²) in [4.78, 5) is 12.5. The number of hydrogen-bond donors (Lipinski definition) is 1. The van der Waals surface area contributed by atoms with Gasteiger partial charge in [0.2, 0.25) is 5.91 Å². The molecule has 0 saturated heterocycles. The minimum Gasteiger partial charge on any atom is -0.492 e. The van der Waals surface area contributed by atoms with Gasteiger partial charge in [-0.2, -0.15) is 0 Å².